The summed E-state index contributed by atoms with van der Waals surface area (Å²) in [4.78, 5) is 21.3. The first kappa shape index (κ1) is 14.5. The number of ketones is 1. The van der Waals surface area contributed by atoms with E-state index in [-0.39, 0.29) is 38.4 Å². The first-order valence-corrected chi connectivity index (χ1v) is 3.52. The van der Waals surface area contributed by atoms with E-state index >= 15 is 0 Å². The fourth-order valence-corrected chi connectivity index (χ4v) is 0.581. The van der Waals surface area contributed by atoms with Crippen molar-refractivity contribution in [3.05, 3.63) is 0 Å². The van der Waals surface area contributed by atoms with E-state index in [9.17, 15) is 9.59 Å². The number of carbonyl (C=O) groups excluding carboxylic acids is 2. The fraction of sp³-hybridized carbons (Fsp3) is 0.750. The van der Waals surface area contributed by atoms with Gasteiger partial charge in [0.05, 0.1) is 0 Å². The molecule has 0 aliphatic carbocycles. The second kappa shape index (κ2) is 5.63. The van der Waals surface area contributed by atoms with Gasteiger partial charge in [0.15, 0.2) is 0 Å². The van der Waals surface area contributed by atoms with Gasteiger partial charge in [-0.2, -0.15) is 0 Å². The van der Waals surface area contributed by atoms with Crippen LogP contribution < -0.4 is 0 Å². The largest absolute Gasteiger partial charge is 4.00 e. The molecule has 0 rings (SSSR count). The Morgan fingerprint density at radius 3 is 1.92 bits per heavy atom. The normalized spacial score (nSPS) is 10.0. The van der Waals surface area contributed by atoms with Gasteiger partial charge in [-0.05, 0) is 27.7 Å². The van der Waals surface area contributed by atoms with E-state index in [1.165, 1.54) is 6.92 Å². The molecular formula is C8H14O3Zr+4. The van der Waals surface area contributed by atoms with E-state index in [2.05, 4.69) is 0 Å². The number of esters is 1. The first-order valence-electron chi connectivity index (χ1n) is 3.52. The van der Waals surface area contributed by atoms with E-state index in [1.807, 2.05) is 0 Å². The third-order valence-corrected chi connectivity index (χ3v) is 0.813. The molecular weight excluding hydrogens is 235 g/mol. The molecule has 0 aromatic heterocycles. The SMILES string of the molecule is CC(=O)CC(=O)OC(C)(C)C.[Zr+4]. The average molecular weight is 249 g/mol. The summed E-state index contributed by atoms with van der Waals surface area (Å²) in [5.74, 6) is -0.621. The van der Waals surface area contributed by atoms with Crippen molar-refractivity contribution in [3.8, 4) is 0 Å². The van der Waals surface area contributed by atoms with Crippen LogP contribution in [0.15, 0.2) is 0 Å². The summed E-state index contributed by atoms with van der Waals surface area (Å²) >= 11 is 0. The Balaban J connectivity index is 0. The Bertz CT molecular complexity index is 170. The molecule has 0 aromatic carbocycles. The molecule has 0 fully saturated rings. The van der Waals surface area contributed by atoms with Gasteiger partial charge in [-0.15, -0.1) is 0 Å². The molecule has 0 amide bonds. The maximum Gasteiger partial charge on any atom is 4.00 e. The minimum absolute atomic E-state index is 0. The van der Waals surface area contributed by atoms with Crippen LogP contribution in [-0.2, 0) is 40.5 Å². The maximum atomic E-state index is 10.8. The van der Waals surface area contributed by atoms with Gasteiger partial charge in [-0.25, -0.2) is 0 Å². The van der Waals surface area contributed by atoms with Crippen molar-refractivity contribution < 1.29 is 40.5 Å². The van der Waals surface area contributed by atoms with Gasteiger partial charge in [-0.3, -0.25) is 9.59 Å². The summed E-state index contributed by atoms with van der Waals surface area (Å²) in [5, 5.41) is 0. The van der Waals surface area contributed by atoms with Gasteiger partial charge in [0, 0.05) is 0 Å². The molecule has 0 saturated carbocycles. The zero-order valence-electron chi connectivity index (χ0n) is 7.93. The summed E-state index contributed by atoms with van der Waals surface area (Å²) < 4.78 is 4.89. The number of ether oxygens (including phenoxy) is 1. The van der Waals surface area contributed by atoms with Crippen LogP contribution in [0.5, 0.6) is 0 Å². The van der Waals surface area contributed by atoms with Crippen molar-refractivity contribution in [2.45, 2.75) is 39.7 Å². The van der Waals surface area contributed by atoms with Gasteiger partial charge in [0.2, 0.25) is 0 Å². The van der Waals surface area contributed by atoms with Gasteiger partial charge < -0.3 is 4.74 Å². The van der Waals surface area contributed by atoms with Gasteiger partial charge in [0.25, 0.3) is 0 Å². The number of rotatable bonds is 2. The summed E-state index contributed by atoms with van der Waals surface area (Å²) in [6.07, 6.45) is -0.128. The Kier molecular flexibility index (Phi) is 6.82. The van der Waals surface area contributed by atoms with Gasteiger partial charge in [-0.1, -0.05) is 0 Å². The smallest absolute Gasteiger partial charge is 0.460 e. The molecule has 0 aliphatic heterocycles. The predicted octanol–water partition coefficient (Wildman–Crippen LogP) is 1.30. The summed E-state index contributed by atoms with van der Waals surface area (Å²) in [5.41, 5.74) is -0.494. The number of hydrogen-bond acceptors (Lipinski definition) is 3. The molecule has 0 radical (unpaired) electrons. The minimum atomic E-state index is -0.494. The zero-order chi connectivity index (χ0) is 9.07. The summed E-state index contributed by atoms with van der Waals surface area (Å²) in [6.45, 7) is 6.67. The van der Waals surface area contributed by atoms with Crippen LogP contribution in [-0.4, -0.2) is 17.4 Å². The number of Topliss-reactive ketones (excluding diaryl/α,β-unsaturated/α-hetero) is 1. The molecule has 0 bridgehead atoms. The Hall–Kier alpha value is 0.0231. The molecule has 4 heteroatoms. The zero-order valence-corrected chi connectivity index (χ0v) is 10.4. The summed E-state index contributed by atoms with van der Waals surface area (Å²) in [6, 6.07) is 0. The van der Waals surface area contributed by atoms with Crippen molar-refractivity contribution in [3.63, 3.8) is 0 Å². The van der Waals surface area contributed by atoms with Crippen LogP contribution in [0.1, 0.15) is 34.1 Å². The molecule has 3 nitrogen and oxygen atoms in total. The Morgan fingerprint density at radius 1 is 1.25 bits per heavy atom. The van der Waals surface area contributed by atoms with Gasteiger partial charge >= 0.3 is 32.2 Å². The maximum absolute atomic E-state index is 10.8. The molecule has 0 unspecified atom stereocenters. The van der Waals surface area contributed by atoms with E-state index in [0.29, 0.717) is 0 Å². The van der Waals surface area contributed by atoms with E-state index < -0.39 is 11.6 Å². The molecule has 0 aliphatic rings. The molecule has 0 aromatic rings. The molecule has 0 spiro atoms. The quantitative estimate of drug-likeness (QED) is 0.547. The van der Waals surface area contributed by atoms with Crippen LogP contribution in [0.3, 0.4) is 0 Å². The van der Waals surface area contributed by atoms with Crippen LogP contribution >= 0.6 is 0 Å². The second-order valence-electron chi connectivity index (χ2n) is 3.47. The third kappa shape index (κ3) is 10.0. The Labute approximate surface area is 92.0 Å². The van der Waals surface area contributed by atoms with Crippen molar-refractivity contribution in [2.24, 2.45) is 0 Å². The van der Waals surface area contributed by atoms with Crippen molar-refractivity contribution in [1.82, 2.24) is 0 Å². The van der Waals surface area contributed by atoms with Crippen molar-refractivity contribution in [1.29, 1.82) is 0 Å². The van der Waals surface area contributed by atoms with Crippen LogP contribution in [0.25, 0.3) is 0 Å². The molecule has 0 N–H and O–H groups in total. The second-order valence-corrected chi connectivity index (χ2v) is 3.47. The summed E-state index contributed by atoms with van der Waals surface area (Å²) in [7, 11) is 0. The molecule has 0 heterocycles. The van der Waals surface area contributed by atoms with Crippen molar-refractivity contribution >= 4 is 11.8 Å². The van der Waals surface area contributed by atoms with Gasteiger partial charge in [0.1, 0.15) is 17.8 Å². The fourth-order valence-electron chi connectivity index (χ4n) is 0.581. The topological polar surface area (TPSA) is 43.4 Å². The Morgan fingerprint density at radius 2 is 1.67 bits per heavy atom. The molecule has 0 saturated heterocycles. The van der Waals surface area contributed by atoms with Crippen LogP contribution in [0.4, 0.5) is 0 Å². The van der Waals surface area contributed by atoms with Crippen LogP contribution in [0.2, 0.25) is 0 Å². The minimum Gasteiger partial charge on any atom is -0.460 e. The first-order chi connectivity index (χ1) is 4.81. The predicted molar refractivity (Wildman–Crippen MR) is 41.1 cm³/mol. The average Bonchev–Trinajstić information content (AvgIpc) is 1.53. The van der Waals surface area contributed by atoms with E-state index in [0.717, 1.165) is 0 Å². The standard InChI is InChI=1S/C8H14O3.Zr/c1-6(9)5-7(10)11-8(2,3)4;/h5H2,1-4H3;/q;+4. The van der Waals surface area contributed by atoms with E-state index in [1.54, 1.807) is 20.8 Å². The van der Waals surface area contributed by atoms with E-state index in [4.69, 9.17) is 4.74 Å². The third-order valence-electron chi connectivity index (χ3n) is 0.813. The molecule has 64 valence electrons. The number of carbonyl (C=O) groups is 2. The van der Waals surface area contributed by atoms with Crippen molar-refractivity contribution in [2.75, 3.05) is 0 Å². The van der Waals surface area contributed by atoms with Crippen LogP contribution in [0, 0.1) is 0 Å². The number of hydrogen-bond donors (Lipinski definition) is 0. The monoisotopic (exact) mass is 248 g/mol. The molecule has 12 heavy (non-hydrogen) atoms. The molecule has 0 atom stereocenters.